The molecule has 1 spiro atoms. The summed E-state index contributed by atoms with van der Waals surface area (Å²) < 4.78 is 35.3. The number of rotatable bonds is 5. The third kappa shape index (κ3) is 3.92. The molecule has 1 fully saturated rings. The molecule has 0 amide bonds. The quantitative estimate of drug-likeness (QED) is 0.273. The SMILES string of the molecule is O=C(Cn1cc(C(=O)c2cccc3c2C(=O)OC32CCNCC2)c2ccc(Cl)cc21)c1cc(F)ccc1F. The summed E-state index contributed by atoms with van der Waals surface area (Å²) in [6, 6.07) is 12.7. The predicted molar refractivity (Wildman–Crippen MR) is 137 cm³/mol. The van der Waals surface area contributed by atoms with E-state index in [1.807, 2.05) is 6.07 Å². The lowest BCUT2D eigenvalue weighted by Crippen LogP contribution is -2.39. The number of ketones is 2. The van der Waals surface area contributed by atoms with Gasteiger partial charge in [0.15, 0.2) is 11.6 Å². The number of Topliss-reactive ketones (excluding diaryl/α,β-unsaturated/α-hetero) is 1. The van der Waals surface area contributed by atoms with Crippen LogP contribution in [-0.2, 0) is 16.9 Å². The Morgan fingerprint density at radius 3 is 2.58 bits per heavy atom. The van der Waals surface area contributed by atoms with Gasteiger partial charge in [0.1, 0.15) is 17.2 Å². The first-order chi connectivity index (χ1) is 18.3. The number of aromatic nitrogens is 1. The van der Waals surface area contributed by atoms with Crippen LogP contribution in [0.3, 0.4) is 0 Å². The number of halogens is 3. The van der Waals surface area contributed by atoms with Gasteiger partial charge in [0, 0.05) is 46.1 Å². The first-order valence-electron chi connectivity index (χ1n) is 12.2. The molecule has 38 heavy (non-hydrogen) atoms. The third-order valence-electron chi connectivity index (χ3n) is 7.34. The molecule has 0 unspecified atom stereocenters. The van der Waals surface area contributed by atoms with Crippen molar-refractivity contribution in [2.24, 2.45) is 0 Å². The Bertz CT molecular complexity index is 1660. The number of nitrogens with one attached hydrogen (secondary N) is 1. The van der Waals surface area contributed by atoms with Crippen LogP contribution in [0.2, 0.25) is 5.02 Å². The zero-order valence-corrected chi connectivity index (χ0v) is 20.8. The summed E-state index contributed by atoms with van der Waals surface area (Å²) in [5, 5.41) is 4.14. The van der Waals surface area contributed by atoms with Crippen molar-refractivity contribution in [3.05, 3.63) is 105 Å². The van der Waals surface area contributed by atoms with E-state index in [2.05, 4.69) is 5.32 Å². The van der Waals surface area contributed by atoms with Gasteiger partial charge in [-0.2, -0.15) is 0 Å². The molecule has 2 aliphatic heterocycles. The zero-order chi connectivity index (χ0) is 26.6. The maximum absolute atomic E-state index is 14.3. The second-order valence-electron chi connectivity index (χ2n) is 9.57. The smallest absolute Gasteiger partial charge is 0.340 e. The number of piperidine rings is 1. The highest BCUT2D eigenvalue weighted by Gasteiger charge is 2.47. The minimum atomic E-state index is -0.840. The number of nitrogens with zero attached hydrogens (tertiary/aromatic N) is 1. The van der Waals surface area contributed by atoms with Crippen LogP contribution >= 0.6 is 11.6 Å². The van der Waals surface area contributed by atoms with Crippen LogP contribution in [0, 0.1) is 11.6 Å². The Hall–Kier alpha value is -3.88. The molecule has 0 saturated carbocycles. The highest BCUT2D eigenvalue weighted by Crippen LogP contribution is 2.44. The van der Waals surface area contributed by atoms with E-state index in [1.165, 1.54) is 10.8 Å². The second kappa shape index (κ2) is 9.15. The summed E-state index contributed by atoms with van der Waals surface area (Å²) in [6.07, 6.45) is 2.71. The van der Waals surface area contributed by atoms with Gasteiger partial charge >= 0.3 is 5.97 Å². The van der Waals surface area contributed by atoms with Crippen molar-refractivity contribution in [2.75, 3.05) is 13.1 Å². The van der Waals surface area contributed by atoms with Crippen LogP contribution < -0.4 is 5.32 Å². The van der Waals surface area contributed by atoms with Gasteiger partial charge in [-0.3, -0.25) is 9.59 Å². The summed E-state index contributed by atoms with van der Waals surface area (Å²) in [5.41, 5.74) is 0.743. The number of carbonyl (C=O) groups is 3. The standard InChI is InChI=1S/C29H21ClF2N2O4/c30-16-4-6-18-21(14-34(24(18)12-16)15-25(35)20-13-17(31)5-7-23(20)32)27(36)19-2-1-3-22-26(19)28(37)38-29(22)8-10-33-11-9-29/h1-7,12-14,33H,8-11,15H2. The molecule has 6 nitrogen and oxygen atoms in total. The molecule has 1 aromatic heterocycles. The maximum atomic E-state index is 14.3. The van der Waals surface area contributed by atoms with Crippen molar-refractivity contribution in [2.45, 2.75) is 25.0 Å². The number of ether oxygens (including phenoxy) is 1. The molecule has 9 heteroatoms. The summed E-state index contributed by atoms with van der Waals surface area (Å²) in [5.74, 6) is -3.20. The van der Waals surface area contributed by atoms with Crippen LogP contribution in [0.4, 0.5) is 8.78 Å². The number of hydrogen-bond acceptors (Lipinski definition) is 5. The zero-order valence-electron chi connectivity index (χ0n) is 20.0. The number of hydrogen-bond donors (Lipinski definition) is 1. The highest BCUT2D eigenvalue weighted by atomic mass is 35.5. The Morgan fingerprint density at radius 2 is 1.79 bits per heavy atom. The summed E-state index contributed by atoms with van der Waals surface area (Å²) >= 11 is 6.22. The van der Waals surface area contributed by atoms with Gasteiger partial charge in [0.2, 0.25) is 0 Å². The Balaban J connectivity index is 1.43. The normalized spacial score (nSPS) is 16.0. The monoisotopic (exact) mass is 534 g/mol. The molecule has 192 valence electrons. The maximum Gasteiger partial charge on any atom is 0.340 e. The van der Waals surface area contributed by atoms with E-state index in [0.717, 1.165) is 18.2 Å². The highest BCUT2D eigenvalue weighted by molar-refractivity contribution is 6.31. The first-order valence-corrected chi connectivity index (χ1v) is 12.5. The second-order valence-corrected chi connectivity index (χ2v) is 10.0. The van der Waals surface area contributed by atoms with Crippen LogP contribution in [0.25, 0.3) is 10.9 Å². The van der Waals surface area contributed by atoms with Crippen molar-refractivity contribution < 1.29 is 27.9 Å². The summed E-state index contributed by atoms with van der Waals surface area (Å²) in [7, 11) is 0. The molecular formula is C29H21ClF2N2O4. The molecular weight excluding hydrogens is 514 g/mol. The van der Waals surface area contributed by atoms with Crippen molar-refractivity contribution in [1.82, 2.24) is 9.88 Å². The molecule has 4 aromatic rings. The van der Waals surface area contributed by atoms with E-state index in [9.17, 15) is 23.2 Å². The van der Waals surface area contributed by atoms with E-state index in [1.54, 1.807) is 30.3 Å². The topological polar surface area (TPSA) is 77.4 Å². The van der Waals surface area contributed by atoms with Gasteiger partial charge in [-0.05, 0) is 43.4 Å². The van der Waals surface area contributed by atoms with Gasteiger partial charge in [-0.15, -0.1) is 0 Å². The molecule has 1 saturated heterocycles. The van der Waals surface area contributed by atoms with Gasteiger partial charge in [0.05, 0.1) is 23.2 Å². The van der Waals surface area contributed by atoms with Crippen molar-refractivity contribution in [3.63, 3.8) is 0 Å². The van der Waals surface area contributed by atoms with Crippen LogP contribution in [0.1, 0.15) is 55.0 Å². The molecule has 0 radical (unpaired) electrons. The average Bonchev–Trinajstić information content (AvgIpc) is 3.39. The van der Waals surface area contributed by atoms with Gasteiger partial charge < -0.3 is 14.6 Å². The minimum absolute atomic E-state index is 0.208. The van der Waals surface area contributed by atoms with Crippen LogP contribution in [0.5, 0.6) is 0 Å². The summed E-state index contributed by atoms with van der Waals surface area (Å²) in [4.78, 5) is 39.9. The fraction of sp³-hybridized carbons (Fsp3) is 0.207. The van der Waals surface area contributed by atoms with E-state index < -0.39 is 40.3 Å². The molecule has 0 bridgehead atoms. The average molecular weight is 535 g/mol. The lowest BCUT2D eigenvalue weighted by Gasteiger charge is -2.33. The van der Waals surface area contributed by atoms with Gasteiger partial charge in [-0.1, -0.05) is 35.9 Å². The Morgan fingerprint density at radius 1 is 1.00 bits per heavy atom. The molecule has 3 heterocycles. The van der Waals surface area contributed by atoms with Gasteiger partial charge in [0.25, 0.3) is 0 Å². The van der Waals surface area contributed by atoms with Crippen molar-refractivity contribution in [3.8, 4) is 0 Å². The van der Waals surface area contributed by atoms with E-state index in [-0.39, 0.29) is 23.2 Å². The summed E-state index contributed by atoms with van der Waals surface area (Å²) in [6.45, 7) is 1.04. The van der Waals surface area contributed by atoms with Crippen LogP contribution in [-0.4, -0.2) is 35.2 Å². The lowest BCUT2D eigenvalue weighted by molar-refractivity contribution is -0.0242. The first kappa shape index (κ1) is 24.5. The van der Waals surface area contributed by atoms with Crippen LogP contribution in [0.15, 0.2) is 60.8 Å². The predicted octanol–water partition coefficient (Wildman–Crippen LogP) is 5.44. The molecule has 6 rings (SSSR count). The molecule has 2 aliphatic rings. The van der Waals surface area contributed by atoms with Gasteiger partial charge in [-0.25, -0.2) is 13.6 Å². The van der Waals surface area contributed by atoms with E-state index in [4.69, 9.17) is 16.3 Å². The molecule has 1 N–H and O–H groups in total. The third-order valence-corrected chi connectivity index (χ3v) is 7.57. The number of benzene rings is 3. The fourth-order valence-corrected chi connectivity index (χ4v) is 5.67. The van der Waals surface area contributed by atoms with E-state index in [0.29, 0.717) is 47.4 Å². The van der Waals surface area contributed by atoms with Crippen molar-refractivity contribution in [1.29, 1.82) is 0 Å². The molecule has 0 aliphatic carbocycles. The number of carbonyl (C=O) groups excluding carboxylic acids is 3. The largest absolute Gasteiger partial charge is 0.450 e. The molecule has 3 aromatic carbocycles. The number of fused-ring (bicyclic) bond motifs is 3. The van der Waals surface area contributed by atoms with E-state index >= 15 is 0 Å². The molecule has 0 atom stereocenters. The Kier molecular flexibility index (Phi) is 5.89. The minimum Gasteiger partial charge on any atom is -0.450 e. The fourth-order valence-electron chi connectivity index (χ4n) is 5.50. The Labute approximate surface area is 221 Å². The number of esters is 1. The van der Waals surface area contributed by atoms with Crippen molar-refractivity contribution >= 4 is 40.0 Å². The lowest BCUT2D eigenvalue weighted by atomic mass is 9.82.